The average molecular weight is 251 g/mol. The van der Waals surface area contributed by atoms with Crippen molar-refractivity contribution in [2.75, 3.05) is 27.3 Å². The lowest BCUT2D eigenvalue weighted by atomic mass is 9.81. The monoisotopic (exact) mass is 251 g/mol. The second-order valence-corrected chi connectivity index (χ2v) is 5.19. The van der Waals surface area contributed by atoms with Crippen molar-refractivity contribution in [1.29, 1.82) is 0 Å². The van der Waals surface area contributed by atoms with Crippen LogP contribution in [-0.2, 0) is 5.41 Å². The first-order chi connectivity index (χ1) is 8.46. The molecule has 0 spiro atoms. The van der Waals surface area contributed by atoms with Gasteiger partial charge in [-0.1, -0.05) is 20.8 Å². The lowest BCUT2D eigenvalue weighted by Gasteiger charge is -2.28. The molecule has 0 unspecified atom stereocenters. The molecule has 0 aliphatic rings. The molecule has 102 valence electrons. The fraction of sp³-hybridized carbons (Fsp3) is 0.600. The smallest absolute Gasteiger partial charge is 0.161 e. The summed E-state index contributed by atoms with van der Waals surface area (Å²) in [5.41, 5.74) is 2.59. The van der Waals surface area contributed by atoms with Crippen molar-refractivity contribution in [3.63, 3.8) is 0 Å². The van der Waals surface area contributed by atoms with Gasteiger partial charge < -0.3 is 14.8 Å². The second-order valence-electron chi connectivity index (χ2n) is 5.19. The van der Waals surface area contributed by atoms with Crippen LogP contribution < -0.4 is 14.8 Å². The van der Waals surface area contributed by atoms with Gasteiger partial charge in [-0.05, 0) is 36.7 Å². The summed E-state index contributed by atoms with van der Waals surface area (Å²) in [6.07, 6.45) is 0. The van der Waals surface area contributed by atoms with Crippen LogP contribution in [0.3, 0.4) is 0 Å². The van der Waals surface area contributed by atoms with E-state index >= 15 is 0 Å². The summed E-state index contributed by atoms with van der Waals surface area (Å²) in [5.74, 6) is 1.58. The molecule has 0 atom stereocenters. The quantitative estimate of drug-likeness (QED) is 0.843. The van der Waals surface area contributed by atoms with Crippen molar-refractivity contribution >= 4 is 0 Å². The van der Waals surface area contributed by atoms with E-state index < -0.39 is 0 Å². The van der Waals surface area contributed by atoms with Crippen LogP contribution in [0.25, 0.3) is 0 Å². The van der Waals surface area contributed by atoms with Gasteiger partial charge in [0.1, 0.15) is 0 Å². The second kappa shape index (κ2) is 6.10. The molecular weight excluding hydrogens is 226 g/mol. The highest BCUT2D eigenvalue weighted by atomic mass is 16.5. The zero-order valence-corrected chi connectivity index (χ0v) is 12.4. The fourth-order valence-electron chi connectivity index (χ4n) is 2.24. The molecule has 3 nitrogen and oxygen atoms in total. The van der Waals surface area contributed by atoms with Gasteiger partial charge in [0.05, 0.1) is 14.2 Å². The lowest BCUT2D eigenvalue weighted by Crippen LogP contribution is -2.33. The van der Waals surface area contributed by atoms with Gasteiger partial charge in [-0.3, -0.25) is 0 Å². The van der Waals surface area contributed by atoms with Gasteiger partial charge in [0.15, 0.2) is 11.5 Å². The number of aryl methyl sites for hydroxylation is 1. The van der Waals surface area contributed by atoms with Crippen molar-refractivity contribution < 1.29 is 9.47 Å². The topological polar surface area (TPSA) is 30.5 Å². The predicted molar refractivity (Wildman–Crippen MR) is 75.9 cm³/mol. The molecule has 18 heavy (non-hydrogen) atoms. The Balaban J connectivity index is 3.15. The van der Waals surface area contributed by atoms with Gasteiger partial charge in [-0.15, -0.1) is 0 Å². The summed E-state index contributed by atoms with van der Waals surface area (Å²) in [5, 5.41) is 3.41. The van der Waals surface area contributed by atoms with Crippen LogP contribution in [0, 0.1) is 6.92 Å². The van der Waals surface area contributed by atoms with Crippen LogP contribution in [0.1, 0.15) is 31.9 Å². The molecule has 0 aliphatic carbocycles. The van der Waals surface area contributed by atoms with Crippen molar-refractivity contribution in [1.82, 2.24) is 5.32 Å². The van der Waals surface area contributed by atoms with Gasteiger partial charge >= 0.3 is 0 Å². The Morgan fingerprint density at radius 1 is 1.11 bits per heavy atom. The first-order valence-corrected chi connectivity index (χ1v) is 6.40. The average Bonchev–Trinajstić information content (AvgIpc) is 2.35. The Hall–Kier alpha value is -1.22. The van der Waals surface area contributed by atoms with Crippen LogP contribution in [0.2, 0.25) is 0 Å². The number of likely N-dealkylation sites (N-methyl/N-ethyl adjacent to an activating group) is 1. The number of rotatable bonds is 6. The normalized spacial score (nSPS) is 11.4. The van der Waals surface area contributed by atoms with Gasteiger partial charge in [0.2, 0.25) is 0 Å². The Labute approximate surface area is 110 Å². The number of hydrogen-bond acceptors (Lipinski definition) is 3. The summed E-state index contributed by atoms with van der Waals surface area (Å²) in [6.45, 7) is 10.6. The number of nitrogens with one attached hydrogen (secondary N) is 1. The van der Waals surface area contributed by atoms with Crippen molar-refractivity contribution in [3.8, 4) is 11.5 Å². The summed E-state index contributed by atoms with van der Waals surface area (Å²) in [7, 11) is 3.34. The lowest BCUT2D eigenvalue weighted by molar-refractivity contribution is 0.352. The molecule has 0 fully saturated rings. The molecular formula is C15H25NO2. The number of methoxy groups -OCH3 is 2. The molecule has 0 aliphatic heterocycles. The maximum atomic E-state index is 5.39. The molecule has 0 aromatic heterocycles. The molecule has 0 amide bonds. The van der Waals surface area contributed by atoms with Gasteiger partial charge in [0, 0.05) is 12.0 Å². The fourth-order valence-corrected chi connectivity index (χ4v) is 2.24. The first-order valence-electron chi connectivity index (χ1n) is 6.40. The van der Waals surface area contributed by atoms with Gasteiger partial charge in [-0.2, -0.15) is 0 Å². The molecule has 3 heteroatoms. The van der Waals surface area contributed by atoms with E-state index in [0.717, 1.165) is 24.6 Å². The third kappa shape index (κ3) is 3.16. The minimum absolute atomic E-state index is 0.0691. The highest BCUT2D eigenvalue weighted by Gasteiger charge is 2.24. The van der Waals surface area contributed by atoms with Crippen LogP contribution >= 0.6 is 0 Å². The molecule has 1 N–H and O–H groups in total. The molecule has 0 bridgehead atoms. The molecule has 1 aromatic carbocycles. The molecule has 1 aromatic rings. The van der Waals surface area contributed by atoms with Crippen LogP contribution in [-0.4, -0.2) is 27.3 Å². The van der Waals surface area contributed by atoms with Crippen LogP contribution in [0.15, 0.2) is 12.1 Å². The van der Waals surface area contributed by atoms with E-state index in [-0.39, 0.29) is 5.41 Å². The van der Waals surface area contributed by atoms with Crippen molar-refractivity contribution in [2.24, 2.45) is 0 Å². The summed E-state index contributed by atoms with van der Waals surface area (Å²) in [6, 6.07) is 4.13. The number of hydrogen-bond donors (Lipinski definition) is 1. The number of benzene rings is 1. The van der Waals surface area contributed by atoms with E-state index in [1.165, 1.54) is 11.1 Å². The van der Waals surface area contributed by atoms with Gasteiger partial charge in [-0.25, -0.2) is 0 Å². The summed E-state index contributed by atoms with van der Waals surface area (Å²) in [4.78, 5) is 0. The van der Waals surface area contributed by atoms with E-state index in [1.54, 1.807) is 14.2 Å². The van der Waals surface area contributed by atoms with E-state index in [0.29, 0.717) is 0 Å². The Morgan fingerprint density at radius 2 is 1.67 bits per heavy atom. The highest BCUT2D eigenvalue weighted by molar-refractivity contribution is 5.49. The predicted octanol–water partition coefficient (Wildman–Crippen LogP) is 2.90. The minimum atomic E-state index is 0.0691. The zero-order chi connectivity index (χ0) is 13.8. The molecule has 1 rings (SSSR count). The summed E-state index contributed by atoms with van der Waals surface area (Å²) < 4.78 is 10.7. The maximum Gasteiger partial charge on any atom is 0.161 e. The SMILES string of the molecule is CCNCC(C)(C)c1cc(OC)c(OC)cc1C. The Kier molecular flexibility index (Phi) is 5.03. The third-order valence-electron chi connectivity index (χ3n) is 3.28. The Morgan fingerprint density at radius 3 is 2.17 bits per heavy atom. The van der Waals surface area contributed by atoms with E-state index in [2.05, 4.69) is 39.1 Å². The number of ether oxygens (including phenoxy) is 2. The van der Waals surface area contributed by atoms with Crippen LogP contribution in [0.5, 0.6) is 11.5 Å². The molecule has 0 saturated carbocycles. The first kappa shape index (κ1) is 14.8. The standard InChI is InChI=1S/C15H25NO2/c1-7-16-10-15(3,4)12-9-14(18-6)13(17-5)8-11(12)2/h8-9,16H,7,10H2,1-6H3. The Bertz CT molecular complexity index is 400. The largest absolute Gasteiger partial charge is 0.493 e. The van der Waals surface area contributed by atoms with Gasteiger partial charge in [0.25, 0.3) is 0 Å². The highest BCUT2D eigenvalue weighted by Crippen LogP contribution is 2.35. The van der Waals surface area contributed by atoms with Crippen LogP contribution in [0.4, 0.5) is 0 Å². The molecule has 0 radical (unpaired) electrons. The van der Waals surface area contributed by atoms with E-state index in [9.17, 15) is 0 Å². The van der Waals surface area contributed by atoms with Crippen molar-refractivity contribution in [2.45, 2.75) is 33.1 Å². The molecule has 0 saturated heterocycles. The van der Waals surface area contributed by atoms with Crippen molar-refractivity contribution in [3.05, 3.63) is 23.3 Å². The zero-order valence-electron chi connectivity index (χ0n) is 12.4. The summed E-state index contributed by atoms with van der Waals surface area (Å²) >= 11 is 0. The van der Waals surface area contributed by atoms with E-state index in [1.807, 2.05) is 6.07 Å². The molecule has 0 heterocycles. The van der Waals surface area contributed by atoms with E-state index in [4.69, 9.17) is 9.47 Å². The third-order valence-corrected chi connectivity index (χ3v) is 3.28. The maximum absolute atomic E-state index is 5.39. The minimum Gasteiger partial charge on any atom is -0.493 e.